The maximum atomic E-state index is 14.4. The van der Waals surface area contributed by atoms with Gasteiger partial charge in [-0.3, -0.25) is 4.84 Å². The lowest BCUT2D eigenvalue weighted by atomic mass is 10.1. The quantitative estimate of drug-likeness (QED) is 0.663. The van der Waals surface area contributed by atoms with Gasteiger partial charge in [0.1, 0.15) is 23.1 Å². The standard InChI is InChI=1S/C15H12ClF2N5O/c16-13-12(11-9(17)4-3-5-10(11)18)14(22-6-1-2-7-24-22)23-15(21-13)19-8-20-23/h3-5,8H,1-2,6-7H2. The summed E-state index contributed by atoms with van der Waals surface area (Å²) in [5.74, 6) is -0.941. The highest BCUT2D eigenvalue weighted by Crippen LogP contribution is 2.39. The van der Waals surface area contributed by atoms with Gasteiger partial charge in [0.2, 0.25) is 0 Å². The maximum Gasteiger partial charge on any atom is 0.255 e. The number of rotatable bonds is 2. The van der Waals surface area contributed by atoms with Crippen LogP contribution in [0.3, 0.4) is 0 Å². The molecule has 0 spiro atoms. The van der Waals surface area contributed by atoms with Crippen molar-refractivity contribution in [2.45, 2.75) is 12.8 Å². The second-order valence-corrected chi connectivity index (χ2v) is 5.67. The molecule has 4 rings (SSSR count). The number of hydrogen-bond acceptors (Lipinski definition) is 5. The first kappa shape index (κ1) is 15.2. The van der Waals surface area contributed by atoms with E-state index in [-0.39, 0.29) is 22.1 Å². The summed E-state index contributed by atoms with van der Waals surface area (Å²) in [6.07, 6.45) is 3.07. The molecule has 0 radical (unpaired) electrons. The molecule has 24 heavy (non-hydrogen) atoms. The zero-order valence-corrected chi connectivity index (χ0v) is 13.2. The van der Waals surface area contributed by atoms with Crippen molar-refractivity contribution in [3.8, 4) is 11.1 Å². The molecule has 0 atom stereocenters. The van der Waals surface area contributed by atoms with Crippen molar-refractivity contribution in [2.75, 3.05) is 18.2 Å². The minimum atomic E-state index is -0.739. The fraction of sp³-hybridized carbons (Fsp3) is 0.267. The number of aromatic nitrogens is 4. The number of hydrogen-bond donors (Lipinski definition) is 0. The Morgan fingerprint density at radius 3 is 2.62 bits per heavy atom. The lowest BCUT2D eigenvalue weighted by molar-refractivity contribution is 0.0754. The molecule has 9 heteroatoms. The van der Waals surface area contributed by atoms with Gasteiger partial charge >= 0.3 is 0 Å². The first-order valence-electron chi connectivity index (χ1n) is 7.41. The van der Waals surface area contributed by atoms with Gasteiger partial charge < -0.3 is 0 Å². The summed E-state index contributed by atoms with van der Waals surface area (Å²) in [5, 5.41) is 5.57. The molecular weight excluding hydrogens is 340 g/mol. The Hall–Kier alpha value is -2.32. The predicted octanol–water partition coefficient (Wildman–Crippen LogP) is 3.25. The summed E-state index contributed by atoms with van der Waals surface area (Å²) in [6, 6.07) is 3.63. The van der Waals surface area contributed by atoms with Crippen LogP contribution in [0.4, 0.5) is 14.6 Å². The zero-order chi connectivity index (χ0) is 16.7. The molecule has 0 bridgehead atoms. The molecule has 3 heterocycles. The molecule has 1 saturated heterocycles. The Labute approximate surface area is 140 Å². The van der Waals surface area contributed by atoms with E-state index in [0.717, 1.165) is 12.8 Å². The fourth-order valence-electron chi connectivity index (χ4n) is 2.75. The SMILES string of the molecule is Fc1cccc(F)c1-c1c(Cl)nc2ncnn2c1N1CCCCO1. The summed E-state index contributed by atoms with van der Waals surface area (Å²) in [4.78, 5) is 13.7. The Bertz CT molecular complexity index is 890. The van der Waals surface area contributed by atoms with E-state index in [1.165, 1.54) is 29.0 Å². The van der Waals surface area contributed by atoms with E-state index in [1.54, 1.807) is 5.06 Å². The normalized spacial score (nSPS) is 15.2. The fourth-order valence-corrected chi connectivity index (χ4v) is 3.00. The van der Waals surface area contributed by atoms with Crippen LogP contribution < -0.4 is 5.06 Å². The molecule has 0 aliphatic carbocycles. The molecule has 6 nitrogen and oxygen atoms in total. The third-order valence-electron chi connectivity index (χ3n) is 3.81. The first-order valence-corrected chi connectivity index (χ1v) is 7.78. The van der Waals surface area contributed by atoms with Crippen LogP contribution in [0.25, 0.3) is 16.9 Å². The van der Waals surface area contributed by atoms with Crippen molar-refractivity contribution in [2.24, 2.45) is 0 Å². The summed E-state index contributed by atoms with van der Waals surface area (Å²) < 4.78 is 30.1. The largest absolute Gasteiger partial charge is 0.272 e. The monoisotopic (exact) mass is 351 g/mol. The number of hydroxylamine groups is 1. The van der Waals surface area contributed by atoms with Crippen LogP contribution in [-0.2, 0) is 4.84 Å². The van der Waals surface area contributed by atoms with Crippen LogP contribution in [0.15, 0.2) is 24.5 Å². The van der Waals surface area contributed by atoms with E-state index < -0.39 is 11.6 Å². The highest BCUT2D eigenvalue weighted by Gasteiger charge is 2.28. The van der Waals surface area contributed by atoms with E-state index in [9.17, 15) is 8.78 Å². The van der Waals surface area contributed by atoms with Crippen molar-refractivity contribution in [1.82, 2.24) is 19.6 Å². The minimum absolute atomic E-state index is 0.0660. The molecule has 0 N–H and O–H groups in total. The highest BCUT2D eigenvalue weighted by molar-refractivity contribution is 6.33. The lowest BCUT2D eigenvalue weighted by Gasteiger charge is -2.29. The van der Waals surface area contributed by atoms with Crippen LogP contribution in [-0.4, -0.2) is 32.7 Å². The van der Waals surface area contributed by atoms with Crippen LogP contribution in [0.1, 0.15) is 12.8 Å². The second-order valence-electron chi connectivity index (χ2n) is 5.31. The molecule has 1 aromatic carbocycles. The van der Waals surface area contributed by atoms with E-state index in [4.69, 9.17) is 16.4 Å². The third-order valence-corrected chi connectivity index (χ3v) is 4.08. The molecule has 1 fully saturated rings. The number of halogens is 3. The maximum absolute atomic E-state index is 14.4. The van der Waals surface area contributed by atoms with Gasteiger partial charge in [0, 0.05) is 6.54 Å². The van der Waals surface area contributed by atoms with Crippen molar-refractivity contribution in [1.29, 1.82) is 0 Å². The average molecular weight is 352 g/mol. The topological polar surface area (TPSA) is 55.5 Å². The number of anilines is 1. The number of nitrogens with zero attached hydrogens (tertiary/aromatic N) is 5. The van der Waals surface area contributed by atoms with E-state index in [1.807, 2.05) is 0 Å². The lowest BCUT2D eigenvalue weighted by Crippen LogP contribution is -2.32. The molecule has 1 aliphatic heterocycles. The molecule has 0 amide bonds. The Morgan fingerprint density at radius 1 is 1.12 bits per heavy atom. The van der Waals surface area contributed by atoms with E-state index in [2.05, 4.69) is 15.1 Å². The predicted molar refractivity (Wildman–Crippen MR) is 83.7 cm³/mol. The second kappa shape index (κ2) is 5.95. The Morgan fingerprint density at radius 2 is 1.92 bits per heavy atom. The van der Waals surface area contributed by atoms with Gasteiger partial charge in [-0.15, -0.1) is 0 Å². The Balaban J connectivity index is 2.05. The molecule has 124 valence electrons. The van der Waals surface area contributed by atoms with Crippen molar-refractivity contribution < 1.29 is 13.6 Å². The van der Waals surface area contributed by atoms with Gasteiger partial charge in [-0.25, -0.2) is 13.8 Å². The van der Waals surface area contributed by atoms with E-state index >= 15 is 0 Å². The summed E-state index contributed by atoms with van der Waals surface area (Å²) in [6.45, 7) is 1.04. The van der Waals surface area contributed by atoms with Crippen molar-refractivity contribution in [3.63, 3.8) is 0 Å². The summed E-state index contributed by atoms with van der Waals surface area (Å²) in [5.41, 5.74) is -0.177. The molecular formula is C15H12ClF2N5O. The van der Waals surface area contributed by atoms with E-state index in [0.29, 0.717) is 19.0 Å². The van der Waals surface area contributed by atoms with Crippen LogP contribution in [0, 0.1) is 11.6 Å². The molecule has 0 unspecified atom stereocenters. The Kier molecular flexibility index (Phi) is 3.78. The van der Waals surface area contributed by atoms with Gasteiger partial charge in [-0.1, -0.05) is 17.7 Å². The number of fused-ring (bicyclic) bond motifs is 1. The average Bonchev–Trinajstić information content (AvgIpc) is 3.03. The summed E-state index contributed by atoms with van der Waals surface area (Å²) in [7, 11) is 0. The van der Waals surface area contributed by atoms with Crippen molar-refractivity contribution in [3.05, 3.63) is 41.3 Å². The van der Waals surface area contributed by atoms with Crippen LogP contribution in [0.2, 0.25) is 5.15 Å². The highest BCUT2D eigenvalue weighted by atomic mass is 35.5. The zero-order valence-electron chi connectivity index (χ0n) is 12.4. The third kappa shape index (κ3) is 2.38. The minimum Gasteiger partial charge on any atom is -0.272 e. The van der Waals surface area contributed by atoms with Crippen molar-refractivity contribution >= 4 is 23.2 Å². The van der Waals surface area contributed by atoms with Gasteiger partial charge in [0.25, 0.3) is 5.78 Å². The molecule has 0 saturated carbocycles. The summed E-state index contributed by atoms with van der Waals surface area (Å²) >= 11 is 6.26. The first-order chi connectivity index (χ1) is 11.7. The smallest absolute Gasteiger partial charge is 0.255 e. The van der Waals surface area contributed by atoms with Crippen LogP contribution >= 0.6 is 11.6 Å². The van der Waals surface area contributed by atoms with Gasteiger partial charge in [-0.2, -0.15) is 19.6 Å². The molecule has 1 aliphatic rings. The van der Waals surface area contributed by atoms with Crippen LogP contribution in [0.5, 0.6) is 0 Å². The van der Waals surface area contributed by atoms with Gasteiger partial charge in [-0.05, 0) is 25.0 Å². The molecule has 2 aromatic heterocycles. The van der Waals surface area contributed by atoms with Gasteiger partial charge in [0.05, 0.1) is 17.7 Å². The molecule has 3 aromatic rings. The van der Waals surface area contributed by atoms with Gasteiger partial charge in [0.15, 0.2) is 5.82 Å². The number of benzene rings is 1.